The molecule has 0 saturated carbocycles. The molecule has 2 N–H and O–H groups in total. The number of methoxy groups -OCH3 is 1. The van der Waals surface area contributed by atoms with E-state index in [1.54, 1.807) is 38.3 Å². The van der Waals surface area contributed by atoms with Crippen LogP contribution in [0.3, 0.4) is 0 Å². The second kappa shape index (κ2) is 6.16. The zero-order valence-corrected chi connectivity index (χ0v) is 11.4. The Morgan fingerprint density at radius 1 is 1.30 bits per heavy atom. The smallest absolute Gasteiger partial charge is 0.145 e. The molecule has 5 heteroatoms. The van der Waals surface area contributed by atoms with Crippen molar-refractivity contribution in [3.05, 3.63) is 47.3 Å². The topological polar surface area (TPSA) is 74.9 Å². The summed E-state index contributed by atoms with van der Waals surface area (Å²) in [6, 6.07) is 7.21. The number of nitrogens with zero attached hydrogens (tertiary/aromatic N) is 2. The van der Waals surface area contributed by atoms with Gasteiger partial charge in [0.15, 0.2) is 0 Å². The van der Waals surface area contributed by atoms with Crippen LogP contribution >= 0.6 is 0 Å². The van der Waals surface area contributed by atoms with E-state index in [0.717, 1.165) is 11.4 Å². The molecule has 1 heterocycles. The Balaban J connectivity index is 2.32. The lowest BCUT2D eigenvalue weighted by atomic mass is 10.1. The van der Waals surface area contributed by atoms with Crippen molar-refractivity contribution in [2.75, 3.05) is 7.11 Å². The van der Waals surface area contributed by atoms with Crippen molar-refractivity contribution in [2.24, 2.45) is 4.99 Å². The van der Waals surface area contributed by atoms with Crippen LogP contribution in [0.4, 0.5) is 5.69 Å². The Morgan fingerprint density at radius 2 is 2.00 bits per heavy atom. The highest BCUT2D eigenvalue weighted by Crippen LogP contribution is 2.23. The van der Waals surface area contributed by atoms with Gasteiger partial charge in [0.25, 0.3) is 0 Å². The number of aromatic hydroxyl groups is 1. The van der Waals surface area contributed by atoms with Gasteiger partial charge in [0.1, 0.15) is 11.5 Å². The van der Waals surface area contributed by atoms with E-state index in [4.69, 9.17) is 4.74 Å². The minimum Gasteiger partial charge on any atom is -0.505 e. The number of hydrogen-bond acceptors (Lipinski definition) is 5. The molecule has 0 aliphatic carbocycles. The molecule has 0 saturated heterocycles. The van der Waals surface area contributed by atoms with Gasteiger partial charge in [-0.25, -0.2) is 0 Å². The molecule has 104 valence electrons. The van der Waals surface area contributed by atoms with E-state index in [2.05, 4.69) is 9.98 Å². The van der Waals surface area contributed by atoms with Gasteiger partial charge < -0.3 is 14.9 Å². The first-order valence-corrected chi connectivity index (χ1v) is 6.12. The van der Waals surface area contributed by atoms with Crippen molar-refractivity contribution in [3.63, 3.8) is 0 Å². The molecule has 0 bridgehead atoms. The monoisotopic (exact) mass is 272 g/mol. The Morgan fingerprint density at radius 3 is 2.60 bits per heavy atom. The number of aromatic nitrogens is 1. The molecule has 0 aliphatic heterocycles. The SMILES string of the molecule is COc1ccc(N=Cc2c(CO)cnc(C)c2O)cc1. The maximum atomic E-state index is 9.98. The van der Waals surface area contributed by atoms with Gasteiger partial charge in [0.2, 0.25) is 0 Å². The summed E-state index contributed by atoms with van der Waals surface area (Å²) in [5.41, 5.74) is 2.24. The molecule has 0 aliphatic rings. The standard InChI is InChI=1S/C15H16N2O3/c1-10-15(19)14(11(9-18)7-16-10)8-17-12-3-5-13(20-2)6-4-12/h3-8,18-19H,9H2,1-2H3. The fourth-order valence-corrected chi connectivity index (χ4v) is 1.73. The second-order valence-electron chi connectivity index (χ2n) is 4.25. The number of aliphatic hydroxyl groups is 1. The summed E-state index contributed by atoms with van der Waals surface area (Å²) in [4.78, 5) is 8.28. The molecule has 2 rings (SSSR count). The molecule has 0 radical (unpaired) electrons. The van der Waals surface area contributed by atoms with Crippen molar-refractivity contribution in [1.29, 1.82) is 0 Å². The largest absolute Gasteiger partial charge is 0.505 e. The number of pyridine rings is 1. The van der Waals surface area contributed by atoms with Gasteiger partial charge in [-0.1, -0.05) is 0 Å². The average molecular weight is 272 g/mol. The maximum absolute atomic E-state index is 9.98. The lowest BCUT2D eigenvalue weighted by molar-refractivity contribution is 0.280. The van der Waals surface area contributed by atoms with E-state index in [9.17, 15) is 10.2 Å². The zero-order chi connectivity index (χ0) is 14.5. The number of aliphatic imine (C=N–C) groups is 1. The maximum Gasteiger partial charge on any atom is 0.145 e. The average Bonchev–Trinajstić information content (AvgIpc) is 2.49. The van der Waals surface area contributed by atoms with Gasteiger partial charge in [-0.3, -0.25) is 9.98 Å². The minimum absolute atomic E-state index is 0.0359. The normalized spacial score (nSPS) is 10.9. The van der Waals surface area contributed by atoms with Gasteiger partial charge >= 0.3 is 0 Å². The molecule has 0 spiro atoms. The molecule has 20 heavy (non-hydrogen) atoms. The first-order valence-electron chi connectivity index (χ1n) is 6.12. The first kappa shape index (κ1) is 14.0. The number of rotatable bonds is 4. The molecule has 1 aromatic heterocycles. The van der Waals surface area contributed by atoms with E-state index < -0.39 is 0 Å². The lowest BCUT2D eigenvalue weighted by Crippen LogP contribution is -1.97. The fourth-order valence-electron chi connectivity index (χ4n) is 1.73. The van der Waals surface area contributed by atoms with Crippen LogP contribution in [0.15, 0.2) is 35.5 Å². The highest BCUT2D eigenvalue weighted by molar-refractivity contribution is 5.87. The third-order valence-corrected chi connectivity index (χ3v) is 2.94. The number of aliphatic hydroxyl groups excluding tert-OH is 1. The lowest BCUT2D eigenvalue weighted by Gasteiger charge is -2.07. The van der Waals surface area contributed by atoms with Gasteiger partial charge in [-0.2, -0.15) is 0 Å². The van der Waals surface area contributed by atoms with Gasteiger partial charge in [-0.15, -0.1) is 0 Å². The van der Waals surface area contributed by atoms with Crippen LogP contribution in [0.5, 0.6) is 11.5 Å². The summed E-state index contributed by atoms with van der Waals surface area (Å²) < 4.78 is 5.07. The first-order chi connectivity index (χ1) is 9.65. The molecule has 0 unspecified atom stereocenters. The van der Waals surface area contributed by atoms with Crippen LogP contribution in [0, 0.1) is 6.92 Å². The van der Waals surface area contributed by atoms with E-state index in [0.29, 0.717) is 16.8 Å². The number of aryl methyl sites for hydroxylation is 1. The predicted molar refractivity (Wildman–Crippen MR) is 76.8 cm³/mol. The number of ether oxygens (including phenoxy) is 1. The minimum atomic E-state index is -0.204. The fraction of sp³-hybridized carbons (Fsp3) is 0.200. The Hall–Kier alpha value is -2.40. The highest BCUT2D eigenvalue weighted by atomic mass is 16.5. The number of hydrogen-bond donors (Lipinski definition) is 2. The molecule has 1 aromatic carbocycles. The van der Waals surface area contributed by atoms with Crippen molar-refractivity contribution in [2.45, 2.75) is 13.5 Å². The van der Waals surface area contributed by atoms with Gasteiger partial charge in [-0.05, 0) is 31.2 Å². The second-order valence-corrected chi connectivity index (χ2v) is 4.25. The van der Waals surface area contributed by atoms with Crippen molar-refractivity contribution in [3.8, 4) is 11.5 Å². The van der Waals surface area contributed by atoms with Crippen LogP contribution < -0.4 is 4.74 Å². The summed E-state index contributed by atoms with van der Waals surface area (Å²) >= 11 is 0. The predicted octanol–water partition coefficient (Wildman–Crippen LogP) is 2.35. The summed E-state index contributed by atoms with van der Waals surface area (Å²) in [6.07, 6.45) is 3.06. The zero-order valence-electron chi connectivity index (χ0n) is 11.4. The third kappa shape index (κ3) is 2.95. The van der Waals surface area contributed by atoms with Crippen molar-refractivity contribution < 1.29 is 14.9 Å². The molecule has 0 atom stereocenters. The molecule has 0 amide bonds. The summed E-state index contributed by atoms with van der Waals surface area (Å²) in [6.45, 7) is 1.49. The number of benzene rings is 1. The van der Waals surface area contributed by atoms with Crippen LogP contribution in [0.25, 0.3) is 0 Å². The molecular weight excluding hydrogens is 256 g/mol. The summed E-state index contributed by atoms with van der Waals surface area (Å²) in [5, 5.41) is 19.3. The van der Waals surface area contributed by atoms with Crippen LogP contribution in [-0.4, -0.2) is 28.5 Å². The van der Waals surface area contributed by atoms with E-state index >= 15 is 0 Å². The van der Waals surface area contributed by atoms with Crippen molar-refractivity contribution in [1.82, 2.24) is 4.98 Å². The molecule has 0 fully saturated rings. The Kier molecular flexibility index (Phi) is 4.32. The third-order valence-electron chi connectivity index (χ3n) is 2.94. The van der Waals surface area contributed by atoms with E-state index in [1.807, 2.05) is 0 Å². The molecule has 5 nitrogen and oxygen atoms in total. The van der Waals surface area contributed by atoms with Crippen LogP contribution in [-0.2, 0) is 6.61 Å². The van der Waals surface area contributed by atoms with E-state index in [-0.39, 0.29) is 12.4 Å². The molecule has 2 aromatic rings. The van der Waals surface area contributed by atoms with Crippen LogP contribution in [0.2, 0.25) is 0 Å². The Labute approximate surface area is 117 Å². The van der Waals surface area contributed by atoms with Crippen molar-refractivity contribution >= 4 is 11.9 Å². The van der Waals surface area contributed by atoms with Gasteiger partial charge in [0.05, 0.1) is 25.1 Å². The van der Waals surface area contributed by atoms with E-state index in [1.165, 1.54) is 12.4 Å². The summed E-state index contributed by atoms with van der Waals surface area (Å²) in [5.74, 6) is 0.788. The Bertz CT molecular complexity index is 622. The highest BCUT2D eigenvalue weighted by Gasteiger charge is 2.09. The quantitative estimate of drug-likeness (QED) is 0.838. The van der Waals surface area contributed by atoms with Crippen LogP contribution in [0.1, 0.15) is 16.8 Å². The molecular formula is C15H16N2O3. The van der Waals surface area contributed by atoms with Gasteiger partial charge in [0, 0.05) is 23.5 Å². The summed E-state index contributed by atoms with van der Waals surface area (Å²) in [7, 11) is 1.60.